The van der Waals surface area contributed by atoms with Crippen LogP contribution in [0.5, 0.6) is 23.0 Å². The van der Waals surface area contributed by atoms with E-state index >= 15 is 0 Å². The lowest BCUT2D eigenvalue weighted by atomic mass is 10.2. The van der Waals surface area contributed by atoms with Crippen LogP contribution in [0.15, 0.2) is 47.6 Å². The number of methoxy groups -OCH3 is 3. The van der Waals surface area contributed by atoms with Gasteiger partial charge in [0.25, 0.3) is 0 Å². The minimum atomic E-state index is -0.645. The lowest BCUT2D eigenvalue weighted by Crippen LogP contribution is -2.16. The summed E-state index contributed by atoms with van der Waals surface area (Å²) in [5.74, 6) is 2.42. The Kier molecular flexibility index (Phi) is 7.77. The number of benzene rings is 2. The predicted octanol–water partition coefficient (Wildman–Crippen LogP) is 2.85. The van der Waals surface area contributed by atoms with Gasteiger partial charge in [-0.2, -0.15) is 5.10 Å². The van der Waals surface area contributed by atoms with E-state index in [1.807, 2.05) is 24.3 Å². The fourth-order valence-electron chi connectivity index (χ4n) is 2.13. The normalized spacial score (nSPS) is 10.3. The molecule has 144 valence electrons. The quantitative estimate of drug-likeness (QED) is 0.413. The van der Waals surface area contributed by atoms with Gasteiger partial charge in [-0.05, 0) is 35.9 Å². The number of nitrogens with zero attached hydrogens (tertiary/aromatic N) is 1. The zero-order valence-corrected chi connectivity index (χ0v) is 15.4. The summed E-state index contributed by atoms with van der Waals surface area (Å²) >= 11 is 0. The maximum absolute atomic E-state index is 11.0. The van der Waals surface area contributed by atoms with Gasteiger partial charge in [0.15, 0.2) is 23.0 Å². The van der Waals surface area contributed by atoms with Crippen LogP contribution in [0.1, 0.15) is 5.56 Å². The van der Waals surface area contributed by atoms with E-state index in [1.165, 1.54) is 13.3 Å². The van der Waals surface area contributed by atoms with Crippen LogP contribution < -0.4 is 24.4 Å². The molecule has 0 aliphatic carbocycles. The van der Waals surface area contributed by atoms with E-state index in [0.717, 1.165) is 5.56 Å². The second-order valence-electron chi connectivity index (χ2n) is 5.12. The van der Waals surface area contributed by atoms with Crippen LogP contribution in [0.2, 0.25) is 0 Å². The van der Waals surface area contributed by atoms with Crippen molar-refractivity contribution >= 4 is 12.3 Å². The average Bonchev–Trinajstić information content (AvgIpc) is 2.71. The Morgan fingerprint density at radius 2 is 1.56 bits per heavy atom. The number of hydrogen-bond donors (Lipinski definition) is 1. The van der Waals surface area contributed by atoms with E-state index in [1.54, 1.807) is 32.4 Å². The van der Waals surface area contributed by atoms with Gasteiger partial charge in [0.05, 0.1) is 27.5 Å². The number of hydrogen-bond acceptors (Lipinski definition) is 7. The molecule has 0 radical (unpaired) electrons. The van der Waals surface area contributed by atoms with Crippen molar-refractivity contribution in [1.82, 2.24) is 5.43 Å². The van der Waals surface area contributed by atoms with E-state index in [9.17, 15) is 4.79 Å². The first kappa shape index (κ1) is 19.9. The molecule has 0 spiro atoms. The Morgan fingerprint density at radius 1 is 0.926 bits per heavy atom. The first-order valence-corrected chi connectivity index (χ1v) is 8.11. The van der Waals surface area contributed by atoms with Crippen molar-refractivity contribution in [3.8, 4) is 23.0 Å². The molecule has 0 fully saturated rings. The molecule has 0 saturated carbocycles. The van der Waals surface area contributed by atoms with E-state index in [4.69, 9.17) is 18.9 Å². The Bertz CT molecular complexity index is 779. The van der Waals surface area contributed by atoms with Crippen molar-refractivity contribution in [2.75, 3.05) is 34.5 Å². The van der Waals surface area contributed by atoms with Crippen molar-refractivity contribution in [1.29, 1.82) is 0 Å². The van der Waals surface area contributed by atoms with Crippen LogP contribution >= 0.6 is 0 Å². The Hall–Kier alpha value is -3.42. The van der Waals surface area contributed by atoms with Gasteiger partial charge < -0.3 is 23.7 Å². The molecule has 0 unspecified atom stereocenters. The molecule has 2 aromatic rings. The molecule has 0 heterocycles. The third-order valence-electron chi connectivity index (χ3n) is 3.41. The SMILES string of the molecule is COC(=O)N/N=C\c1ccc(OCCOc2ccccc2OC)c(OC)c1. The highest BCUT2D eigenvalue weighted by Gasteiger charge is 2.07. The van der Waals surface area contributed by atoms with Gasteiger partial charge in [-0.1, -0.05) is 12.1 Å². The van der Waals surface area contributed by atoms with Gasteiger partial charge in [-0.15, -0.1) is 0 Å². The summed E-state index contributed by atoms with van der Waals surface area (Å²) in [4.78, 5) is 11.0. The topological polar surface area (TPSA) is 87.6 Å². The average molecular weight is 374 g/mol. The van der Waals surface area contributed by atoms with Gasteiger partial charge in [0.1, 0.15) is 13.2 Å². The van der Waals surface area contributed by atoms with Crippen LogP contribution in [-0.2, 0) is 4.74 Å². The minimum Gasteiger partial charge on any atom is -0.493 e. The van der Waals surface area contributed by atoms with Crippen LogP contribution in [0.3, 0.4) is 0 Å². The predicted molar refractivity (Wildman–Crippen MR) is 100 cm³/mol. The summed E-state index contributed by atoms with van der Waals surface area (Å²) in [6.45, 7) is 0.668. The van der Waals surface area contributed by atoms with Gasteiger partial charge >= 0.3 is 6.09 Å². The fourth-order valence-corrected chi connectivity index (χ4v) is 2.13. The third-order valence-corrected chi connectivity index (χ3v) is 3.41. The Labute approximate surface area is 157 Å². The van der Waals surface area contributed by atoms with Crippen LogP contribution in [0, 0.1) is 0 Å². The van der Waals surface area contributed by atoms with E-state index < -0.39 is 6.09 Å². The largest absolute Gasteiger partial charge is 0.493 e. The van der Waals surface area contributed by atoms with E-state index in [2.05, 4.69) is 15.3 Å². The van der Waals surface area contributed by atoms with Crippen molar-refractivity contribution in [2.24, 2.45) is 5.10 Å². The second kappa shape index (κ2) is 10.5. The molecule has 0 saturated heterocycles. The smallest absolute Gasteiger partial charge is 0.427 e. The first-order valence-electron chi connectivity index (χ1n) is 8.11. The monoisotopic (exact) mass is 374 g/mol. The standard InChI is InChI=1S/C19H22N2O6/c1-23-15-6-4-5-7-16(15)26-10-11-27-17-9-8-14(12-18(17)24-2)13-20-21-19(22)25-3/h4-9,12-13H,10-11H2,1-3H3,(H,21,22)/b20-13-. The molecule has 2 aromatic carbocycles. The number of nitrogens with one attached hydrogen (secondary N) is 1. The van der Waals surface area contributed by atoms with E-state index in [-0.39, 0.29) is 0 Å². The Morgan fingerprint density at radius 3 is 2.19 bits per heavy atom. The maximum Gasteiger partial charge on any atom is 0.427 e. The maximum atomic E-state index is 11.0. The van der Waals surface area contributed by atoms with Gasteiger partial charge in [-0.3, -0.25) is 0 Å². The number of amides is 1. The molecular weight excluding hydrogens is 352 g/mol. The molecule has 0 bridgehead atoms. The molecule has 0 aliphatic rings. The lowest BCUT2D eigenvalue weighted by Gasteiger charge is -2.13. The molecule has 8 nitrogen and oxygen atoms in total. The van der Waals surface area contributed by atoms with E-state index in [0.29, 0.717) is 36.2 Å². The summed E-state index contributed by atoms with van der Waals surface area (Å²) in [6.07, 6.45) is 0.821. The minimum absolute atomic E-state index is 0.325. The summed E-state index contributed by atoms with van der Waals surface area (Å²) in [5.41, 5.74) is 2.93. The highest BCUT2D eigenvalue weighted by Crippen LogP contribution is 2.28. The van der Waals surface area contributed by atoms with Gasteiger partial charge in [0.2, 0.25) is 0 Å². The number of para-hydroxylation sites is 2. The zero-order chi connectivity index (χ0) is 19.5. The van der Waals surface area contributed by atoms with Crippen LogP contribution in [-0.4, -0.2) is 46.9 Å². The molecule has 27 heavy (non-hydrogen) atoms. The number of carbonyl (C=O) groups excluding carboxylic acids is 1. The second-order valence-corrected chi connectivity index (χ2v) is 5.12. The van der Waals surface area contributed by atoms with Crippen LogP contribution in [0.25, 0.3) is 0 Å². The summed E-state index contributed by atoms with van der Waals surface area (Å²) in [7, 11) is 4.40. The van der Waals surface area contributed by atoms with Crippen molar-refractivity contribution in [3.05, 3.63) is 48.0 Å². The van der Waals surface area contributed by atoms with Gasteiger partial charge in [-0.25, -0.2) is 10.2 Å². The van der Waals surface area contributed by atoms with Crippen LogP contribution in [0.4, 0.5) is 4.79 Å². The highest BCUT2D eigenvalue weighted by molar-refractivity contribution is 5.82. The molecule has 0 aliphatic heterocycles. The molecular formula is C19H22N2O6. The molecule has 0 atom stereocenters. The number of hydrazone groups is 1. The molecule has 8 heteroatoms. The number of ether oxygens (including phenoxy) is 5. The number of carbonyl (C=O) groups is 1. The molecule has 1 N–H and O–H groups in total. The van der Waals surface area contributed by atoms with Gasteiger partial charge in [0, 0.05) is 0 Å². The first-order chi connectivity index (χ1) is 13.2. The summed E-state index contributed by atoms with van der Waals surface area (Å²) < 4.78 is 26.4. The van der Waals surface area contributed by atoms with Crippen molar-refractivity contribution in [2.45, 2.75) is 0 Å². The lowest BCUT2D eigenvalue weighted by molar-refractivity contribution is 0.171. The molecule has 2 rings (SSSR count). The Balaban J connectivity index is 1.89. The third kappa shape index (κ3) is 6.10. The zero-order valence-electron chi connectivity index (χ0n) is 15.4. The highest BCUT2D eigenvalue weighted by atomic mass is 16.6. The molecule has 1 amide bonds. The number of rotatable bonds is 9. The fraction of sp³-hybridized carbons (Fsp3) is 0.263. The molecule has 0 aromatic heterocycles. The summed E-state index contributed by atoms with van der Waals surface area (Å²) in [5, 5.41) is 3.76. The summed E-state index contributed by atoms with van der Waals surface area (Å²) in [6, 6.07) is 12.7. The van der Waals surface area contributed by atoms with Crippen molar-refractivity contribution in [3.63, 3.8) is 0 Å². The van der Waals surface area contributed by atoms with Crippen molar-refractivity contribution < 1.29 is 28.5 Å².